The predicted molar refractivity (Wildman–Crippen MR) is 59.4 cm³/mol. The number of hydrogen-bond acceptors (Lipinski definition) is 8. The van der Waals surface area contributed by atoms with Crippen LogP contribution in [0.25, 0.3) is 0 Å². The van der Waals surface area contributed by atoms with Crippen molar-refractivity contribution in [2.75, 3.05) is 19.8 Å². The maximum atomic E-state index is 9.12. The van der Waals surface area contributed by atoms with Gasteiger partial charge >= 0.3 is 0 Å². The average Bonchev–Trinajstić information content (AvgIpc) is 2.38. The molecule has 110 valence electrons. The number of hydrogen-bond donors (Lipinski definition) is 7. The molecule has 1 aliphatic heterocycles. The van der Waals surface area contributed by atoms with Crippen molar-refractivity contribution >= 4 is 0 Å². The zero-order chi connectivity index (χ0) is 14.1. The molecule has 0 aromatic carbocycles. The van der Waals surface area contributed by atoms with E-state index in [9.17, 15) is 0 Å². The topological polar surface area (TPSA) is 151 Å². The Bertz CT molecular complexity index is 194. The average molecular weight is 270 g/mol. The van der Waals surface area contributed by atoms with E-state index >= 15 is 0 Å². The standard InChI is InChI=1S/C6H12O6.C4H10O2/c7-1-2-3(8)4(9)5(10)6(11)12-2;5-3-1-2-4-6/h2-11H,1H2;5-6H,1-4H2/t2-,3-,4+,5-,6?;/m1./s1. The maximum Gasteiger partial charge on any atom is 0.184 e. The van der Waals surface area contributed by atoms with E-state index in [1.165, 1.54) is 0 Å². The highest BCUT2D eigenvalue weighted by Gasteiger charge is 2.42. The quantitative estimate of drug-likeness (QED) is 0.260. The molecule has 0 radical (unpaired) electrons. The molecule has 1 aliphatic rings. The molecule has 1 saturated heterocycles. The number of aliphatic hydroxyl groups excluding tert-OH is 7. The first kappa shape index (κ1) is 17.7. The van der Waals surface area contributed by atoms with Crippen LogP contribution in [0.15, 0.2) is 0 Å². The molecule has 0 aromatic heterocycles. The van der Waals surface area contributed by atoms with E-state index in [2.05, 4.69) is 4.74 Å². The first-order valence-electron chi connectivity index (χ1n) is 5.69. The summed E-state index contributed by atoms with van der Waals surface area (Å²) in [5.74, 6) is 0. The third kappa shape index (κ3) is 5.55. The van der Waals surface area contributed by atoms with Crippen molar-refractivity contribution < 1.29 is 40.5 Å². The van der Waals surface area contributed by atoms with Gasteiger partial charge < -0.3 is 40.5 Å². The Hall–Kier alpha value is -0.320. The summed E-state index contributed by atoms with van der Waals surface area (Å²) in [7, 11) is 0. The zero-order valence-electron chi connectivity index (χ0n) is 9.96. The van der Waals surface area contributed by atoms with E-state index in [1.807, 2.05) is 0 Å². The van der Waals surface area contributed by atoms with Crippen molar-refractivity contribution in [3.8, 4) is 0 Å². The maximum absolute atomic E-state index is 9.12. The Labute approximate surface area is 105 Å². The Kier molecular flexibility index (Phi) is 9.42. The van der Waals surface area contributed by atoms with Crippen LogP contribution in [0.4, 0.5) is 0 Å². The van der Waals surface area contributed by atoms with Crippen LogP contribution in [0.1, 0.15) is 12.8 Å². The van der Waals surface area contributed by atoms with E-state index in [1.54, 1.807) is 0 Å². The summed E-state index contributed by atoms with van der Waals surface area (Å²) in [5, 5.41) is 60.8. The molecule has 0 saturated carbocycles. The minimum absolute atomic E-state index is 0.195. The highest BCUT2D eigenvalue weighted by Crippen LogP contribution is 2.18. The summed E-state index contributed by atoms with van der Waals surface area (Å²) in [6.07, 6.45) is -5.60. The van der Waals surface area contributed by atoms with Crippen LogP contribution in [0.2, 0.25) is 0 Å². The summed E-state index contributed by atoms with van der Waals surface area (Å²) >= 11 is 0. The molecule has 1 rings (SSSR count). The lowest BCUT2D eigenvalue weighted by Gasteiger charge is -2.37. The fourth-order valence-electron chi connectivity index (χ4n) is 1.31. The molecular formula is C10H22O8. The minimum Gasteiger partial charge on any atom is -0.396 e. The fraction of sp³-hybridized carbons (Fsp3) is 1.00. The van der Waals surface area contributed by atoms with Gasteiger partial charge in [-0.05, 0) is 12.8 Å². The lowest BCUT2D eigenvalue weighted by atomic mass is 10.00. The Morgan fingerprint density at radius 1 is 0.722 bits per heavy atom. The van der Waals surface area contributed by atoms with Gasteiger partial charge in [0.15, 0.2) is 6.29 Å². The molecule has 1 heterocycles. The molecule has 1 fully saturated rings. The van der Waals surface area contributed by atoms with E-state index in [-0.39, 0.29) is 13.2 Å². The van der Waals surface area contributed by atoms with Crippen LogP contribution in [0, 0.1) is 0 Å². The van der Waals surface area contributed by atoms with Crippen molar-refractivity contribution in [2.45, 2.75) is 43.5 Å². The second-order valence-electron chi connectivity index (χ2n) is 3.87. The van der Waals surface area contributed by atoms with Crippen molar-refractivity contribution in [3.63, 3.8) is 0 Å². The van der Waals surface area contributed by atoms with Gasteiger partial charge in [-0.1, -0.05) is 0 Å². The molecule has 1 unspecified atom stereocenters. The lowest BCUT2D eigenvalue weighted by Crippen LogP contribution is -2.58. The normalized spacial score (nSPS) is 35.8. The van der Waals surface area contributed by atoms with Gasteiger partial charge in [0.25, 0.3) is 0 Å². The molecular weight excluding hydrogens is 248 g/mol. The molecule has 0 spiro atoms. The third-order valence-corrected chi connectivity index (χ3v) is 2.43. The van der Waals surface area contributed by atoms with E-state index in [0.717, 1.165) is 12.8 Å². The Balaban J connectivity index is 0.000000411. The first-order valence-corrected chi connectivity index (χ1v) is 5.69. The van der Waals surface area contributed by atoms with Crippen LogP contribution in [-0.2, 0) is 4.74 Å². The summed E-state index contributed by atoms with van der Waals surface area (Å²) in [5.41, 5.74) is 0. The summed E-state index contributed by atoms with van der Waals surface area (Å²) in [4.78, 5) is 0. The molecule has 0 aromatic rings. The molecule has 8 nitrogen and oxygen atoms in total. The summed E-state index contributed by atoms with van der Waals surface area (Å²) in [6.45, 7) is -0.136. The SMILES string of the molecule is OCCCCO.OC[C@H]1OC(O)[C@H](O)[C@@H](O)[C@@H]1O. The van der Waals surface area contributed by atoms with Gasteiger partial charge in [-0.3, -0.25) is 0 Å². The molecule has 0 amide bonds. The van der Waals surface area contributed by atoms with Gasteiger partial charge in [0, 0.05) is 13.2 Å². The van der Waals surface area contributed by atoms with Gasteiger partial charge in [0.05, 0.1) is 6.61 Å². The number of rotatable bonds is 4. The molecule has 5 atom stereocenters. The third-order valence-electron chi connectivity index (χ3n) is 2.43. The number of unbranched alkanes of at least 4 members (excludes halogenated alkanes) is 1. The van der Waals surface area contributed by atoms with Gasteiger partial charge in [-0.2, -0.15) is 0 Å². The Morgan fingerprint density at radius 3 is 1.61 bits per heavy atom. The van der Waals surface area contributed by atoms with Crippen molar-refractivity contribution in [1.82, 2.24) is 0 Å². The second kappa shape index (κ2) is 9.59. The van der Waals surface area contributed by atoms with Crippen molar-refractivity contribution in [3.05, 3.63) is 0 Å². The van der Waals surface area contributed by atoms with Gasteiger partial charge in [0.2, 0.25) is 0 Å². The monoisotopic (exact) mass is 270 g/mol. The largest absolute Gasteiger partial charge is 0.396 e. The second-order valence-corrected chi connectivity index (χ2v) is 3.87. The predicted octanol–water partition coefficient (Wildman–Crippen LogP) is -3.47. The summed E-state index contributed by atoms with van der Waals surface area (Å²) in [6, 6.07) is 0. The van der Waals surface area contributed by atoms with E-state index in [0.29, 0.717) is 0 Å². The van der Waals surface area contributed by atoms with E-state index in [4.69, 9.17) is 35.7 Å². The van der Waals surface area contributed by atoms with Crippen LogP contribution in [0.3, 0.4) is 0 Å². The van der Waals surface area contributed by atoms with Crippen LogP contribution in [0.5, 0.6) is 0 Å². The number of ether oxygens (including phenoxy) is 1. The van der Waals surface area contributed by atoms with Crippen molar-refractivity contribution in [1.29, 1.82) is 0 Å². The minimum atomic E-state index is -1.57. The van der Waals surface area contributed by atoms with Crippen LogP contribution < -0.4 is 0 Å². The van der Waals surface area contributed by atoms with Gasteiger partial charge in [-0.15, -0.1) is 0 Å². The smallest absolute Gasteiger partial charge is 0.184 e. The molecule has 7 N–H and O–H groups in total. The lowest BCUT2D eigenvalue weighted by molar-refractivity contribution is -0.286. The van der Waals surface area contributed by atoms with Crippen LogP contribution >= 0.6 is 0 Å². The van der Waals surface area contributed by atoms with Gasteiger partial charge in [-0.25, -0.2) is 0 Å². The van der Waals surface area contributed by atoms with Gasteiger partial charge in [0.1, 0.15) is 24.4 Å². The van der Waals surface area contributed by atoms with Crippen LogP contribution in [-0.4, -0.2) is 86.3 Å². The summed E-state index contributed by atoms with van der Waals surface area (Å²) < 4.78 is 4.58. The Morgan fingerprint density at radius 2 is 1.22 bits per heavy atom. The zero-order valence-corrected chi connectivity index (χ0v) is 9.96. The molecule has 18 heavy (non-hydrogen) atoms. The number of aliphatic hydroxyl groups is 7. The van der Waals surface area contributed by atoms with E-state index < -0.39 is 37.3 Å². The molecule has 8 heteroatoms. The fourth-order valence-corrected chi connectivity index (χ4v) is 1.31. The first-order chi connectivity index (χ1) is 8.49. The molecule has 0 aliphatic carbocycles. The van der Waals surface area contributed by atoms with Crippen molar-refractivity contribution in [2.24, 2.45) is 0 Å². The highest BCUT2D eigenvalue weighted by atomic mass is 16.6. The molecule has 0 bridgehead atoms. The highest BCUT2D eigenvalue weighted by molar-refractivity contribution is 4.87.